The molecule has 0 bridgehead atoms. The highest BCUT2D eigenvalue weighted by Crippen LogP contribution is 2.28. The number of anilines is 2. The van der Waals surface area contributed by atoms with Crippen molar-refractivity contribution in [1.82, 2.24) is 29.8 Å². The lowest BCUT2D eigenvalue weighted by atomic mass is 9.92. The molecular weight excluding hydrogens is 340 g/mol. The summed E-state index contributed by atoms with van der Waals surface area (Å²) in [5.74, 6) is 2.62. The molecule has 0 amide bonds. The molecule has 1 saturated heterocycles. The Balaban J connectivity index is 1.52. The molecule has 0 saturated carbocycles. The minimum absolute atomic E-state index is 0.0170. The summed E-state index contributed by atoms with van der Waals surface area (Å²) in [6.07, 6.45) is 1.55. The van der Waals surface area contributed by atoms with Gasteiger partial charge in [-0.25, -0.2) is 4.98 Å². The van der Waals surface area contributed by atoms with Gasteiger partial charge < -0.3 is 9.80 Å². The Labute approximate surface area is 159 Å². The van der Waals surface area contributed by atoms with Crippen molar-refractivity contribution in [2.45, 2.75) is 46.1 Å². The summed E-state index contributed by atoms with van der Waals surface area (Å²) >= 11 is 0. The van der Waals surface area contributed by atoms with Crippen LogP contribution < -0.4 is 9.80 Å². The fourth-order valence-electron chi connectivity index (χ4n) is 3.38. The highest BCUT2D eigenvalue weighted by molar-refractivity contribution is 5.56. The third kappa shape index (κ3) is 2.98. The Morgan fingerprint density at radius 2 is 1.85 bits per heavy atom. The zero-order valence-electron chi connectivity index (χ0n) is 16.8. The van der Waals surface area contributed by atoms with Crippen molar-refractivity contribution in [3.63, 3.8) is 0 Å². The fourth-order valence-corrected chi connectivity index (χ4v) is 3.38. The Kier molecular flexibility index (Phi) is 4.01. The van der Waals surface area contributed by atoms with Crippen molar-refractivity contribution in [1.29, 1.82) is 0 Å². The van der Waals surface area contributed by atoms with E-state index in [1.165, 1.54) is 0 Å². The first-order valence-electron chi connectivity index (χ1n) is 9.24. The van der Waals surface area contributed by atoms with Crippen LogP contribution in [0.3, 0.4) is 0 Å². The van der Waals surface area contributed by atoms with Crippen molar-refractivity contribution >= 4 is 17.4 Å². The first-order valence-corrected chi connectivity index (χ1v) is 9.24. The van der Waals surface area contributed by atoms with Crippen LogP contribution in [0.4, 0.5) is 11.6 Å². The Bertz CT molecular complexity index is 964. The Morgan fingerprint density at radius 1 is 1.11 bits per heavy atom. The number of nitrogens with zero attached hydrogens (tertiary/aromatic N) is 8. The number of hydrogen-bond donors (Lipinski definition) is 0. The normalized spacial score (nSPS) is 15.3. The predicted octanol–water partition coefficient (Wildman–Crippen LogP) is 2.15. The van der Waals surface area contributed by atoms with Gasteiger partial charge in [-0.3, -0.25) is 0 Å². The number of aromatic nitrogens is 6. The van der Waals surface area contributed by atoms with Crippen LogP contribution in [-0.4, -0.2) is 56.0 Å². The second-order valence-corrected chi connectivity index (χ2v) is 8.31. The van der Waals surface area contributed by atoms with E-state index < -0.39 is 0 Å². The van der Waals surface area contributed by atoms with Gasteiger partial charge in [-0.05, 0) is 26.0 Å². The zero-order valence-corrected chi connectivity index (χ0v) is 16.8. The zero-order chi connectivity index (χ0) is 19.3. The van der Waals surface area contributed by atoms with Gasteiger partial charge >= 0.3 is 0 Å². The highest BCUT2D eigenvalue weighted by atomic mass is 15.4. The molecule has 4 heterocycles. The van der Waals surface area contributed by atoms with E-state index in [0.717, 1.165) is 41.7 Å². The molecular formula is C19H26N8. The van der Waals surface area contributed by atoms with Crippen LogP contribution in [-0.2, 0) is 5.41 Å². The molecule has 1 aliphatic heterocycles. The van der Waals surface area contributed by atoms with Crippen LogP contribution in [0.2, 0.25) is 0 Å². The molecule has 0 radical (unpaired) electrons. The molecule has 1 fully saturated rings. The van der Waals surface area contributed by atoms with E-state index in [1.54, 1.807) is 6.33 Å². The molecule has 1 aliphatic rings. The lowest BCUT2D eigenvalue weighted by molar-refractivity contribution is 0.482. The minimum atomic E-state index is 0.0170. The molecule has 4 rings (SSSR count). The SMILES string of the molecule is Cc1nc2ncnn2c(N(C)C2CN(c3ccc(C(C)(C)C)nn3)C2)c1C. The van der Waals surface area contributed by atoms with Gasteiger partial charge in [0.15, 0.2) is 5.82 Å². The number of fused-ring (bicyclic) bond motifs is 1. The predicted molar refractivity (Wildman–Crippen MR) is 105 cm³/mol. The molecule has 8 nitrogen and oxygen atoms in total. The molecule has 0 atom stereocenters. The number of hydrogen-bond acceptors (Lipinski definition) is 7. The van der Waals surface area contributed by atoms with Crippen molar-refractivity contribution in [3.8, 4) is 0 Å². The van der Waals surface area contributed by atoms with Crippen LogP contribution >= 0.6 is 0 Å². The molecule has 0 unspecified atom stereocenters. The summed E-state index contributed by atoms with van der Waals surface area (Å²) in [6.45, 7) is 12.3. The maximum absolute atomic E-state index is 4.51. The molecule has 27 heavy (non-hydrogen) atoms. The average Bonchev–Trinajstić information content (AvgIpc) is 3.01. The molecule has 0 aliphatic carbocycles. The fraction of sp³-hybridized carbons (Fsp3) is 0.526. The average molecular weight is 366 g/mol. The van der Waals surface area contributed by atoms with Crippen LogP contribution in [0, 0.1) is 13.8 Å². The van der Waals surface area contributed by atoms with Gasteiger partial charge in [0.1, 0.15) is 12.1 Å². The van der Waals surface area contributed by atoms with E-state index in [1.807, 2.05) is 11.4 Å². The quantitative estimate of drug-likeness (QED) is 0.703. The van der Waals surface area contributed by atoms with E-state index in [2.05, 4.69) is 81.9 Å². The van der Waals surface area contributed by atoms with E-state index in [4.69, 9.17) is 0 Å². The largest absolute Gasteiger partial charge is 0.353 e. The van der Waals surface area contributed by atoms with Gasteiger partial charge in [0.2, 0.25) is 0 Å². The first-order chi connectivity index (χ1) is 12.8. The summed E-state index contributed by atoms with van der Waals surface area (Å²) in [7, 11) is 2.11. The van der Waals surface area contributed by atoms with Gasteiger partial charge in [-0.2, -0.15) is 19.7 Å². The van der Waals surface area contributed by atoms with E-state index >= 15 is 0 Å². The number of likely N-dealkylation sites (N-methyl/N-ethyl adjacent to an activating group) is 1. The van der Waals surface area contributed by atoms with Crippen LogP contribution in [0.25, 0.3) is 5.78 Å². The lowest BCUT2D eigenvalue weighted by Gasteiger charge is -2.45. The Hall–Kier alpha value is -2.77. The molecule has 3 aromatic rings. The van der Waals surface area contributed by atoms with Gasteiger partial charge in [0, 0.05) is 36.8 Å². The lowest BCUT2D eigenvalue weighted by Crippen LogP contribution is -2.59. The molecule has 142 valence electrons. The van der Waals surface area contributed by atoms with Crippen LogP contribution in [0.1, 0.15) is 37.7 Å². The number of rotatable bonds is 3. The molecule has 0 N–H and O–H groups in total. The third-order valence-corrected chi connectivity index (χ3v) is 5.36. The van der Waals surface area contributed by atoms with E-state index in [0.29, 0.717) is 11.8 Å². The summed E-state index contributed by atoms with van der Waals surface area (Å²) < 4.78 is 1.82. The van der Waals surface area contributed by atoms with Crippen molar-refractivity contribution < 1.29 is 0 Å². The molecule has 0 aromatic carbocycles. The monoisotopic (exact) mass is 366 g/mol. The highest BCUT2D eigenvalue weighted by Gasteiger charge is 2.33. The second kappa shape index (κ2) is 6.14. The third-order valence-electron chi connectivity index (χ3n) is 5.36. The van der Waals surface area contributed by atoms with Crippen LogP contribution in [0.5, 0.6) is 0 Å². The second-order valence-electron chi connectivity index (χ2n) is 8.31. The minimum Gasteiger partial charge on any atom is -0.353 e. The van der Waals surface area contributed by atoms with Gasteiger partial charge in [0.25, 0.3) is 5.78 Å². The number of aryl methyl sites for hydroxylation is 1. The van der Waals surface area contributed by atoms with Crippen molar-refractivity contribution in [2.24, 2.45) is 0 Å². The van der Waals surface area contributed by atoms with E-state index in [-0.39, 0.29) is 5.41 Å². The Morgan fingerprint density at radius 3 is 2.48 bits per heavy atom. The summed E-state index contributed by atoms with van der Waals surface area (Å²) in [5.41, 5.74) is 3.14. The van der Waals surface area contributed by atoms with Crippen molar-refractivity contribution in [3.05, 3.63) is 35.4 Å². The maximum atomic E-state index is 4.51. The standard InChI is InChI=1S/C19H26N8/c1-12-13(2)22-18-20-11-21-27(18)17(12)25(6)14-9-26(10-14)16-8-7-15(23-24-16)19(3,4)5/h7-8,11,14H,9-10H2,1-6H3. The smallest absolute Gasteiger partial charge is 0.254 e. The van der Waals surface area contributed by atoms with Crippen LogP contribution in [0.15, 0.2) is 18.5 Å². The summed E-state index contributed by atoms with van der Waals surface area (Å²) in [5, 5.41) is 13.2. The molecule has 8 heteroatoms. The van der Waals surface area contributed by atoms with Gasteiger partial charge in [-0.15, -0.1) is 5.10 Å². The summed E-state index contributed by atoms with van der Waals surface area (Å²) in [4.78, 5) is 13.3. The van der Waals surface area contributed by atoms with Gasteiger partial charge in [-0.1, -0.05) is 20.8 Å². The van der Waals surface area contributed by atoms with Crippen molar-refractivity contribution in [2.75, 3.05) is 29.9 Å². The summed E-state index contributed by atoms with van der Waals surface area (Å²) in [6, 6.07) is 4.53. The maximum Gasteiger partial charge on any atom is 0.254 e. The topological polar surface area (TPSA) is 75.3 Å². The van der Waals surface area contributed by atoms with Gasteiger partial charge in [0.05, 0.1) is 11.7 Å². The molecule has 3 aromatic heterocycles. The molecule has 0 spiro atoms. The first kappa shape index (κ1) is 17.6. The van der Waals surface area contributed by atoms with E-state index in [9.17, 15) is 0 Å².